The Bertz CT molecular complexity index is 1170. The van der Waals surface area contributed by atoms with E-state index in [-0.39, 0.29) is 24.0 Å². The molecule has 0 bridgehead atoms. The van der Waals surface area contributed by atoms with E-state index in [9.17, 15) is 25.1 Å². The molecule has 0 saturated heterocycles. The van der Waals surface area contributed by atoms with Crippen LogP contribution in [0.15, 0.2) is 84.9 Å². The van der Waals surface area contributed by atoms with Crippen LogP contribution in [0.4, 0.5) is 5.69 Å². The number of nitrogens with zero attached hydrogens (tertiary/aromatic N) is 1. The lowest BCUT2D eigenvalue weighted by Gasteiger charge is -2.23. The summed E-state index contributed by atoms with van der Waals surface area (Å²) >= 11 is 0. The summed E-state index contributed by atoms with van der Waals surface area (Å²) in [5.74, 6) is -0.212. The van der Waals surface area contributed by atoms with Crippen LogP contribution in [0, 0.1) is 10.1 Å². The molecule has 9 heteroatoms. The SMILES string of the molecule is C[P+](CCCCCCCCCCCC(=O)N[C@H](CO)[C@H](O)c1ccc([N+](=O)[O-])cc1)(c1ccccc1)c1ccccc1.[Cl-]. The van der Waals surface area contributed by atoms with Crippen LogP contribution in [0.25, 0.3) is 0 Å². The molecular formula is C34H46ClN2O5P. The number of halogens is 1. The fourth-order valence-corrected chi connectivity index (χ4v) is 8.73. The smallest absolute Gasteiger partial charge is 0.269 e. The van der Waals surface area contributed by atoms with E-state index in [1.54, 1.807) is 0 Å². The topological polar surface area (TPSA) is 113 Å². The molecule has 0 heterocycles. The van der Waals surface area contributed by atoms with Gasteiger partial charge in [0.05, 0.1) is 48.3 Å². The molecule has 3 aromatic rings. The van der Waals surface area contributed by atoms with Crippen molar-refractivity contribution in [2.75, 3.05) is 19.4 Å². The largest absolute Gasteiger partial charge is 1.00 e. The molecule has 7 nitrogen and oxygen atoms in total. The number of benzene rings is 3. The molecule has 0 saturated carbocycles. The summed E-state index contributed by atoms with van der Waals surface area (Å²) in [6, 6.07) is 26.6. The summed E-state index contributed by atoms with van der Waals surface area (Å²) in [6.45, 7) is 2.05. The summed E-state index contributed by atoms with van der Waals surface area (Å²) in [4.78, 5) is 22.7. The van der Waals surface area contributed by atoms with Gasteiger partial charge in [-0.3, -0.25) is 14.9 Å². The Morgan fingerprint density at radius 3 is 1.72 bits per heavy atom. The Morgan fingerprint density at radius 1 is 0.791 bits per heavy atom. The number of aliphatic hydroxyl groups excluding tert-OH is 2. The van der Waals surface area contributed by atoms with Gasteiger partial charge in [-0.2, -0.15) is 0 Å². The minimum atomic E-state index is -1.38. The van der Waals surface area contributed by atoms with E-state index >= 15 is 0 Å². The van der Waals surface area contributed by atoms with Gasteiger partial charge in [-0.15, -0.1) is 0 Å². The van der Waals surface area contributed by atoms with Crippen LogP contribution in [0.1, 0.15) is 75.9 Å². The number of carbonyl (C=O) groups is 1. The van der Waals surface area contributed by atoms with Gasteiger partial charge in [-0.1, -0.05) is 74.9 Å². The molecule has 3 aromatic carbocycles. The van der Waals surface area contributed by atoms with Gasteiger partial charge in [0.1, 0.15) is 6.10 Å². The van der Waals surface area contributed by atoms with Crippen molar-refractivity contribution in [3.05, 3.63) is 101 Å². The first-order chi connectivity index (χ1) is 20.3. The highest BCUT2D eigenvalue weighted by Gasteiger charge is 2.36. The predicted molar refractivity (Wildman–Crippen MR) is 173 cm³/mol. The van der Waals surface area contributed by atoms with Crippen LogP contribution < -0.4 is 28.3 Å². The molecule has 43 heavy (non-hydrogen) atoms. The van der Waals surface area contributed by atoms with Crippen LogP contribution in [0.5, 0.6) is 0 Å². The molecule has 0 spiro atoms. The van der Waals surface area contributed by atoms with Crippen molar-refractivity contribution in [1.29, 1.82) is 0 Å². The minimum Gasteiger partial charge on any atom is -1.00 e. The van der Waals surface area contributed by atoms with Gasteiger partial charge in [-0.25, -0.2) is 0 Å². The fourth-order valence-electron chi connectivity index (χ4n) is 5.40. The Balaban J connectivity index is 0.00000645. The van der Waals surface area contributed by atoms with Gasteiger partial charge in [0.15, 0.2) is 0 Å². The second-order valence-corrected chi connectivity index (χ2v) is 15.0. The number of nitro groups is 1. The molecule has 0 fully saturated rings. The number of non-ortho nitro benzene ring substituents is 1. The van der Waals surface area contributed by atoms with Crippen molar-refractivity contribution >= 4 is 29.5 Å². The summed E-state index contributed by atoms with van der Waals surface area (Å²) in [6.07, 6.45) is 10.6. The maximum Gasteiger partial charge on any atom is 0.269 e. The van der Waals surface area contributed by atoms with Gasteiger partial charge in [0.25, 0.3) is 5.69 Å². The lowest BCUT2D eigenvalue weighted by atomic mass is 10.0. The highest BCUT2D eigenvalue weighted by molar-refractivity contribution is 7.88. The molecule has 0 aliphatic carbocycles. The number of amides is 1. The Morgan fingerprint density at radius 2 is 1.26 bits per heavy atom. The van der Waals surface area contributed by atoms with E-state index in [1.807, 2.05) is 0 Å². The van der Waals surface area contributed by atoms with Crippen molar-refractivity contribution in [3.8, 4) is 0 Å². The quantitative estimate of drug-likeness (QED) is 0.0816. The van der Waals surface area contributed by atoms with Gasteiger partial charge >= 0.3 is 0 Å². The van der Waals surface area contributed by atoms with Crippen LogP contribution >= 0.6 is 7.26 Å². The number of hydrogen-bond acceptors (Lipinski definition) is 5. The van der Waals surface area contributed by atoms with E-state index in [4.69, 9.17) is 0 Å². The Hall–Kier alpha value is -2.83. The lowest BCUT2D eigenvalue weighted by molar-refractivity contribution is -0.384. The molecule has 3 rings (SSSR count). The number of aliphatic hydroxyl groups is 2. The zero-order valence-electron chi connectivity index (χ0n) is 25.1. The van der Waals surface area contributed by atoms with Crippen LogP contribution in [-0.2, 0) is 4.79 Å². The van der Waals surface area contributed by atoms with Crippen molar-refractivity contribution in [2.45, 2.75) is 76.4 Å². The predicted octanol–water partition coefficient (Wildman–Crippen LogP) is 3.31. The summed E-state index contributed by atoms with van der Waals surface area (Å²) in [7, 11) is -1.38. The standard InChI is InChI=1S/C34H45N2O5P.ClH/c1-42(30-17-11-9-12-18-30,31-19-13-10-14-20-31)26-16-8-6-4-2-3-5-7-15-21-33(38)35-32(27-37)34(39)28-22-24-29(25-23-28)36(40)41;/h9-14,17-20,22-25,32,34,37,39H,2-8,15-16,21,26-27H2,1H3;1H/t32-,34-;/m1./s1. The third-order valence-corrected chi connectivity index (χ3v) is 12.1. The number of nitro benzene ring substituents is 1. The summed E-state index contributed by atoms with van der Waals surface area (Å²) < 4.78 is 0. The average molecular weight is 629 g/mol. The molecule has 1 amide bonds. The first-order valence-electron chi connectivity index (χ1n) is 15.1. The van der Waals surface area contributed by atoms with Gasteiger partial charge in [-0.05, 0) is 61.2 Å². The van der Waals surface area contributed by atoms with Crippen LogP contribution in [-0.4, -0.2) is 46.5 Å². The van der Waals surface area contributed by atoms with Crippen molar-refractivity contribution < 1.29 is 32.3 Å². The van der Waals surface area contributed by atoms with Gasteiger partial charge in [0.2, 0.25) is 5.91 Å². The average Bonchev–Trinajstić information content (AvgIpc) is 3.02. The molecule has 0 aromatic heterocycles. The molecule has 234 valence electrons. The van der Waals surface area contributed by atoms with Gasteiger partial charge in [0, 0.05) is 18.6 Å². The zero-order valence-corrected chi connectivity index (χ0v) is 26.8. The number of nitrogens with one attached hydrogen (secondary N) is 1. The first kappa shape index (κ1) is 36.4. The maximum absolute atomic E-state index is 12.4. The molecule has 0 aliphatic rings. The van der Waals surface area contributed by atoms with Crippen molar-refractivity contribution in [2.24, 2.45) is 0 Å². The minimum absolute atomic E-state index is 0. The fraction of sp³-hybridized carbons (Fsp3) is 0.441. The summed E-state index contributed by atoms with van der Waals surface area (Å²) in [5.41, 5.74) is 0.324. The molecule has 2 atom stereocenters. The molecule has 3 N–H and O–H groups in total. The van der Waals surface area contributed by atoms with E-state index in [2.05, 4.69) is 72.6 Å². The third-order valence-electron chi connectivity index (χ3n) is 8.03. The van der Waals surface area contributed by atoms with Gasteiger partial charge < -0.3 is 27.9 Å². The highest BCUT2D eigenvalue weighted by Crippen LogP contribution is 2.53. The number of unbranched alkanes of at least 4 members (excludes halogenated alkanes) is 8. The molecule has 0 aliphatic heterocycles. The Kier molecular flexibility index (Phi) is 16.4. The maximum atomic E-state index is 12.4. The highest BCUT2D eigenvalue weighted by atomic mass is 35.5. The van der Waals surface area contributed by atoms with E-state index in [0.29, 0.717) is 12.0 Å². The number of carbonyl (C=O) groups excluding carboxylic acids is 1. The number of hydrogen-bond donors (Lipinski definition) is 3. The monoisotopic (exact) mass is 628 g/mol. The number of rotatable bonds is 19. The second-order valence-electron chi connectivity index (χ2n) is 11.2. The summed E-state index contributed by atoms with van der Waals surface area (Å²) in [5, 5.41) is 36.6. The van der Waals surface area contributed by atoms with E-state index in [0.717, 1.165) is 19.3 Å². The molecule has 0 unspecified atom stereocenters. The van der Waals surface area contributed by atoms with Crippen molar-refractivity contribution in [3.63, 3.8) is 0 Å². The normalized spacial score (nSPS) is 12.6. The van der Waals surface area contributed by atoms with Crippen LogP contribution in [0.2, 0.25) is 0 Å². The lowest BCUT2D eigenvalue weighted by Crippen LogP contribution is -3.00. The Labute approximate surface area is 263 Å². The molecular weight excluding hydrogens is 583 g/mol. The van der Waals surface area contributed by atoms with Crippen LogP contribution in [0.3, 0.4) is 0 Å². The zero-order chi connectivity index (χ0) is 30.2. The van der Waals surface area contributed by atoms with E-state index in [1.165, 1.54) is 79.6 Å². The first-order valence-corrected chi connectivity index (χ1v) is 17.6. The van der Waals surface area contributed by atoms with E-state index < -0.39 is 30.9 Å². The van der Waals surface area contributed by atoms with Crippen molar-refractivity contribution in [1.82, 2.24) is 5.32 Å². The second kappa shape index (κ2) is 19.4. The third kappa shape index (κ3) is 11.6. The molecule has 0 radical (unpaired) electrons.